The van der Waals surface area contributed by atoms with Crippen molar-refractivity contribution in [1.82, 2.24) is 0 Å². The lowest BCUT2D eigenvalue weighted by molar-refractivity contribution is -0.117. The molecule has 0 radical (unpaired) electrons. The molecule has 0 atom stereocenters. The van der Waals surface area contributed by atoms with E-state index in [1.807, 2.05) is 5.38 Å². The van der Waals surface area contributed by atoms with Gasteiger partial charge in [0.05, 0.1) is 5.56 Å². The highest BCUT2D eigenvalue weighted by Gasteiger charge is 2.26. The third kappa shape index (κ3) is 4.21. The summed E-state index contributed by atoms with van der Waals surface area (Å²) >= 11 is 1.47. The highest BCUT2D eigenvalue weighted by Crippen LogP contribution is 2.39. The van der Waals surface area contributed by atoms with Gasteiger partial charge in [-0.1, -0.05) is 31.4 Å². The lowest BCUT2D eigenvalue weighted by Crippen LogP contribution is -2.12. The van der Waals surface area contributed by atoms with Gasteiger partial charge < -0.3 is 5.11 Å². The van der Waals surface area contributed by atoms with E-state index < -0.39 is 5.97 Å². The number of halogens is 1. The van der Waals surface area contributed by atoms with Crippen LogP contribution in [0, 0.1) is 12.7 Å². The third-order valence-corrected chi connectivity index (χ3v) is 6.30. The fourth-order valence-electron chi connectivity index (χ4n) is 3.70. The van der Waals surface area contributed by atoms with Crippen molar-refractivity contribution in [3.63, 3.8) is 0 Å². The van der Waals surface area contributed by atoms with E-state index in [4.69, 9.17) is 0 Å². The molecule has 1 heterocycles. The SMILES string of the molecule is Cc1ccc(CC(=O)Cc2csc(C3CCCCC3)c2C(=O)O)cc1F. The fourth-order valence-corrected chi connectivity index (χ4v) is 4.93. The Bertz CT molecular complexity index is 819. The molecule has 1 aliphatic rings. The van der Waals surface area contributed by atoms with E-state index in [-0.39, 0.29) is 24.4 Å². The number of hydrogen-bond acceptors (Lipinski definition) is 3. The lowest BCUT2D eigenvalue weighted by atomic mass is 9.86. The van der Waals surface area contributed by atoms with Crippen LogP contribution in [0.4, 0.5) is 4.39 Å². The molecule has 138 valence electrons. The molecule has 1 aliphatic carbocycles. The Balaban J connectivity index is 1.76. The largest absolute Gasteiger partial charge is 0.478 e. The first kappa shape index (κ1) is 18.8. The average Bonchev–Trinajstić information content (AvgIpc) is 3.02. The van der Waals surface area contributed by atoms with Crippen molar-refractivity contribution in [2.75, 3.05) is 0 Å². The van der Waals surface area contributed by atoms with Gasteiger partial charge in [-0.2, -0.15) is 0 Å². The zero-order valence-corrected chi connectivity index (χ0v) is 15.7. The van der Waals surface area contributed by atoms with Gasteiger partial charge in [0.2, 0.25) is 0 Å². The zero-order valence-electron chi connectivity index (χ0n) is 14.9. The maximum atomic E-state index is 13.6. The first-order valence-electron chi connectivity index (χ1n) is 9.06. The van der Waals surface area contributed by atoms with E-state index in [9.17, 15) is 19.1 Å². The van der Waals surface area contributed by atoms with Gasteiger partial charge >= 0.3 is 5.97 Å². The number of thiophene rings is 1. The minimum absolute atomic E-state index is 0.0837. The molecule has 5 heteroatoms. The Morgan fingerprint density at radius 2 is 1.92 bits per heavy atom. The first-order valence-corrected chi connectivity index (χ1v) is 9.94. The quantitative estimate of drug-likeness (QED) is 0.747. The number of carboxylic acid groups (broad SMARTS) is 1. The minimum atomic E-state index is -0.948. The number of aryl methyl sites for hydroxylation is 1. The number of ketones is 1. The highest BCUT2D eigenvalue weighted by molar-refractivity contribution is 7.10. The monoisotopic (exact) mass is 374 g/mol. The van der Waals surface area contributed by atoms with Crippen LogP contribution in [0.1, 0.15) is 69.9 Å². The normalized spacial score (nSPS) is 15.2. The lowest BCUT2D eigenvalue weighted by Gasteiger charge is -2.21. The second kappa shape index (κ2) is 8.12. The van der Waals surface area contributed by atoms with Crippen LogP contribution in [0.15, 0.2) is 23.6 Å². The average molecular weight is 374 g/mol. The number of hydrogen-bond donors (Lipinski definition) is 1. The van der Waals surface area contributed by atoms with Gasteiger partial charge in [0.15, 0.2) is 0 Å². The summed E-state index contributed by atoms with van der Waals surface area (Å²) < 4.78 is 13.6. The van der Waals surface area contributed by atoms with E-state index in [0.29, 0.717) is 28.2 Å². The first-order chi connectivity index (χ1) is 12.5. The molecule has 1 aromatic carbocycles. The molecular formula is C21H23FO3S. The molecule has 0 amide bonds. The Labute approximate surface area is 156 Å². The van der Waals surface area contributed by atoms with Crippen molar-refractivity contribution in [3.05, 3.63) is 56.5 Å². The van der Waals surface area contributed by atoms with Crippen LogP contribution in [0.25, 0.3) is 0 Å². The summed E-state index contributed by atoms with van der Waals surface area (Å²) in [6.45, 7) is 1.68. The molecule has 1 saturated carbocycles. The minimum Gasteiger partial charge on any atom is -0.478 e. The van der Waals surface area contributed by atoms with Crippen LogP contribution in [-0.4, -0.2) is 16.9 Å². The molecule has 1 fully saturated rings. The third-order valence-electron chi connectivity index (χ3n) is 5.11. The number of carboxylic acids is 1. The molecule has 0 aliphatic heterocycles. The smallest absolute Gasteiger partial charge is 0.337 e. The Kier molecular flexibility index (Phi) is 5.87. The van der Waals surface area contributed by atoms with Crippen LogP contribution in [-0.2, 0) is 17.6 Å². The second-order valence-electron chi connectivity index (χ2n) is 7.12. The molecule has 0 spiro atoms. The molecule has 3 rings (SSSR count). The molecule has 0 bridgehead atoms. The molecule has 1 aromatic heterocycles. The Morgan fingerprint density at radius 3 is 2.58 bits per heavy atom. The number of Topliss-reactive ketones (excluding diaryl/α,β-unsaturated/α-hetero) is 1. The summed E-state index contributed by atoms with van der Waals surface area (Å²) in [7, 11) is 0. The molecular weight excluding hydrogens is 351 g/mol. The number of carbonyl (C=O) groups excluding carboxylic acids is 1. The Morgan fingerprint density at radius 1 is 1.19 bits per heavy atom. The van der Waals surface area contributed by atoms with Crippen LogP contribution in [0.3, 0.4) is 0 Å². The second-order valence-corrected chi connectivity index (χ2v) is 8.03. The van der Waals surface area contributed by atoms with Crippen LogP contribution in [0.2, 0.25) is 0 Å². The van der Waals surface area contributed by atoms with E-state index in [2.05, 4.69) is 0 Å². The summed E-state index contributed by atoms with van der Waals surface area (Å²) in [6, 6.07) is 4.79. The zero-order chi connectivity index (χ0) is 18.7. The van der Waals surface area contributed by atoms with Gasteiger partial charge in [0.25, 0.3) is 0 Å². The Hall–Kier alpha value is -2.01. The summed E-state index contributed by atoms with van der Waals surface area (Å²) in [5, 5.41) is 11.5. The fraction of sp³-hybridized carbons (Fsp3) is 0.429. The van der Waals surface area contributed by atoms with Gasteiger partial charge in [-0.15, -0.1) is 11.3 Å². The van der Waals surface area contributed by atoms with Crippen LogP contribution in [0.5, 0.6) is 0 Å². The maximum Gasteiger partial charge on any atom is 0.337 e. The van der Waals surface area contributed by atoms with Crippen molar-refractivity contribution in [3.8, 4) is 0 Å². The molecule has 1 N–H and O–H groups in total. The number of rotatable bonds is 6. The van der Waals surface area contributed by atoms with Crippen molar-refractivity contribution >= 4 is 23.1 Å². The highest BCUT2D eigenvalue weighted by atomic mass is 32.1. The summed E-state index contributed by atoms with van der Waals surface area (Å²) in [5.74, 6) is -1.06. The molecule has 26 heavy (non-hydrogen) atoms. The van der Waals surface area contributed by atoms with E-state index in [1.165, 1.54) is 23.8 Å². The predicted molar refractivity (Wildman–Crippen MR) is 101 cm³/mol. The molecule has 0 saturated heterocycles. The van der Waals surface area contributed by atoms with Crippen molar-refractivity contribution in [2.24, 2.45) is 0 Å². The molecule has 0 unspecified atom stereocenters. The number of aromatic carboxylic acids is 1. The maximum absolute atomic E-state index is 13.6. The van der Waals surface area contributed by atoms with Crippen molar-refractivity contribution in [2.45, 2.75) is 57.8 Å². The summed E-state index contributed by atoms with van der Waals surface area (Å²) in [5.41, 5.74) is 2.09. The van der Waals surface area contributed by atoms with Crippen LogP contribution < -0.4 is 0 Å². The van der Waals surface area contributed by atoms with Crippen molar-refractivity contribution in [1.29, 1.82) is 0 Å². The number of benzene rings is 1. The summed E-state index contributed by atoms with van der Waals surface area (Å²) in [6.07, 6.45) is 5.73. The molecule has 3 nitrogen and oxygen atoms in total. The summed E-state index contributed by atoms with van der Waals surface area (Å²) in [4.78, 5) is 25.2. The van der Waals surface area contributed by atoms with Gasteiger partial charge in [-0.3, -0.25) is 4.79 Å². The van der Waals surface area contributed by atoms with E-state index >= 15 is 0 Å². The van der Waals surface area contributed by atoms with E-state index in [0.717, 1.165) is 30.6 Å². The van der Waals surface area contributed by atoms with Gasteiger partial charge in [-0.05, 0) is 53.8 Å². The van der Waals surface area contributed by atoms with Gasteiger partial charge in [-0.25, -0.2) is 9.18 Å². The standard InChI is InChI=1S/C21H23FO3S/c1-13-7-8-14(10-18(13)22)9-17(23)11-16-12-26-20(19(16)21(24)25)15-5-3-2-4-6-15/h7-8,10,12,15H,2-6,9,11H2,1H3,(H,24,25). The van der Waals surface area contributed by atoms with Crippen molar-refractivity contribution < 1.29 is 19.1 Å². The van der Waals surface area contributed by atoms with E-state index in [1.54, 1.807) is 19.1 Å². The van der Waals surface area contributed by atoms with Crippen LogP contribution >= 0.6 is 11.3 Å². The number of carbonyl (C=O) groups is 2. The van der Waals surface area contributed by atoms with Gasteiger partial charge in [0.1, 0.15) is 11.6 Å². The van der Waals surface area contributed by atoms with Gasteiger partial charge in [0, 0.05) is 17.7 Å². The molecule has 2 aromatic rings. The predicted octanol–water partition coefficient (Wildman–Crippen LogP) is 5.30. The topological polar surface area (TPSA) is 54.4 Å².